The zero-order chi connectivity index (χ0) is 13.1. The number of fused-ring (bicyclic) bond motifs is 1. The van der Waals surface area contributed by atoms with E-state index in [1.54, 1.807) is 0 Å². The van der Waals surface area contributed by atoms with Gasteiger partial charge in [0.25, 0.3) is 0 Å². The first-order chi connectivity index (χ1) is 9.34. The molecule has 1 aromatic carbocycles. The smallest absolute Gasteiger partial charge is 0.0376 e. The number of hydrogen-bond donors (Lipinski definition) is 1. The Bertz CT molecular complexity index is 423. The van der Waals surface area contributed by atoms with Crippen LogP contribution in [0.3, 0.4) is 0 Å². The monoisotopic (exact) mass is 295 g/mol. The van der Waals surface area contributed by atoms with Crippen molar-refractivity contribution in [1.82, 2.24) is 5.32 Å². The minimum Gasteiger partial charge on any atom is -0.316 e. The van der Waals surface area contributed by atoms with Gasteiger partial charge in [0.15, 0.2) is 0 Å². The molecule has 0 spiro atoms. The Labute approximate surface area is 125 Å². The lowest BCUT2D eigenvalue weighted by Crippen LogP contribution is -2.33. The normalized spacial score (nSPS) is 30.3. The molecule has 1 aliphatic carbocycles. The fourth-order valence-electron chi connectivity index (χ4n) is 3.23. The number of halogens is 1. The van der Waals surface area contributed by atoms with E-state index in [0.29, 0.717) is 17.2 Å². The van der Waals surface area contributed by atoms with Crippen LogP contribution in [0, 0.1) is 5.92 Å². The van der Waals surface area contributed by atoms with Gasteiger partial charge in [-0.3, -0.25) is 0 Å². The second kappa shape index (κ2) is 6.51. The molecule has 0 bridgehead atoms. The van der Waals surface area contributed by atoms with E-state index in [1.807, 2.05) is 11.8 Å². The third kappa shape index (κ3) is 3.29. The van der Waals surface area contributed by atoms with Crippen LogP contribution in [0.2, 0.25) is 0 Å². The average molecular weight is 296 g/mol. The highest BCUT2D eigenvalue weighted by atomic mass is 35.5. The minimum absolute atomic E-state index is 0.395. The van der Waals surface area contributed by atoms with Gasteiger partial charge in [-0.15, -0.1) is 23.4 Å². The van der Waals surface area contributed by atoms with E-state index >= 15 is 0 Å². The first-order valence-corrected chi connectivity index (χ1v) is 8.83. The third-order valence-corrected chi connectivity index (χ3v) is 6.24. The van der Waals surface area contributed by atoms with Crippen LogP contribution in [0.15, 0.2) is 29.2 Å². The van der Waals surface area contributed by atoms with Gasteiger partial charge in [0.1, 0.15) is 0 Å². The first-order valence-electron chi connectivity index (χ1n) is 7.41. The summed E-state index contributed by atoms with van der Waals surface area (Å²) in [5.74, 6) is 2.58. The number of alkyl halides is 1. The molecule has 3 rings (SSSR count). The van der Waals surface area contributed by atoms with Gasteiger partial charge in [-0.05, 0) is 36.9 Å². The number of hydrogen-bond acceptors (Lipinski definition) is 2. The van der Waals surface area contributed by atoms with E-state index in [2.05, 4.69) is 29.6 Å². The summed E-state index contributed by atoms with van der Waals surface area (Å²) in [7, 11) is 0. The van der Waals surface area contributed by atoms with Gasteiger partial charge in [-0.1, -0.05) is 31.0 Å². The molecule has 1 saturated carbocycles. The van der Waals surface area contributed by atoms with Crippen molar-refractivity contribution in [2.45, 2.75) is 41.9 Å². The zero-order valence-corrected chi connectivity index (χ0v) is 12.8. The average Bonchev–Trinajstić information content (AvgIpc) is 2.85. The van der Waals surface area contributed by atoms with E-state index in [1.165, 1.54) is 41.9 Å². The predicted octanol–water partition coefficient (Wildman–Crippen LogP) is 4.26. The molecular formula is C16H22ClNS. The molecule has 2 aliphatic rings. The van der Waals surface area contributed by atoms with E-state index in [-0.39, 0.29) is 0 Å². The van der Waals surface area contributed by atoms with Gasteiger partial charge in [-0.25, -0.2) is 0 Å². The summed E-state index contributed by atoms with van der Waals surface area (Å²) >= 11 is 8.41. The number of nitrogens with one attached hydrogen (secondary N) is 1. The fourth-order valence-corrected chi connectivity index (χ4v) is 4.86. The van der Waals surface area contributed by atoms with Crippen molar-refractivity contribution in [3.05, 3.63) is 29.8 Å². The van der Waals surface area contributed by atoms with Gasteiger partial charge in [0.05, 0.1) is 0 Å². The molecule has 1 nitrogen and oxygen atoms in total. The molecule has 0 radical (unpaired) electrons. The molecule has 1 aliphatic heterocycles. The fraction of sp³-hybridized carbons (Fsp3) is 0.625. The van der Waals surface area contributed by atoms with E-state index in [0.717, 1.165) is 13.1 Å². The maximum atomic E-state index is 6.42. The van der Waals surface area contributed by atoms with E-state index in [9.17, 15) is 0 Å². The number of thioether (sulfide) groups is 1. The van der Waals surface area contributed by atoms with Crippen LogP contribution >= 0.6 is 23.4 Å². The van der Waals surface area contributed by atoms with Crippen LogP contribution in [-0.2, 0) is 0 Å². The predicted molar refractivity (Wildman–Crippen MR) is 84.4 cm³/mol. The van der Waals surface area contributed by atoms with Crippen LogP contribution in [0.5, 0.6) is 0 Å². The van der Waals surface area contributed by atoms with Gasteiger partial charge >= 0.3 is 0 Å². The SMILES string of the molecule is ClC1CCCCC1CNCC1CSc2ccccc21. The first kappa shape index (κ1) is 13.8. The Kier molecular flexibility index (Phi) is 4.73. The summed E-state index contributed by atoms with van der Waals surface area (Å²) in [5.41, 5.74) is 1.53. The van der Waals surface area contributed by atoms with Crippen molar-refractivity contribution < 1.29 is 0 Å². The lowest BCUT2D eigenvalue weighted by molar-refractivity contribution is 0.347. The van der Waals surface area contributed by atoms with Crippen LogP contribution in [0.25, 0.3) is 0 Å². The summed E-state index contributed by atoms with van der Waals surface area (Å²) in [6.07, 6.45) is 5.18. The van der Waals surface area contributed by atoms with Gasteiger partial charge in [0.2, 0.25) is 0 Å². The molecule has 0 saturated heterocycles. The van der Waals surface area contributed by atoms with Crippen molar-refractivity contribution in [3.8, 4) is 0 Å². The standard InChI is InChI=1S/C16H22ClNS/c17-15-7-3-1-5-12(15)9-18-10-13-11-19-16-8-4-2-6-14(13)16/h2,4,6,8,12-13,15,18H,1,3,5,7,9-11H2. The summed E-state index contributed by atoms with van der Waals surface area (Å²) < 4.78 is 0. The molecule has 0 amide bonds. The Balaban J connectivity index is 1.48. The van der Waals surface area contributed by atoms with Gasteiger partial charge in [-0.2, -0.15) is 0 Å². The lowest BCUT2D eigenvalue weighted by atomic mass is 9.88. The second-order valence-corrected chi connectivity index (χ2v) is 7.39. The summed E-state index contributed by atoms with van der Waals surface area (Å²) in [4.78, 5) is 1.47. The molecule has 1 fully saturated rings. The van der Waals surface area contributed by atoms with Crippen molar-refractivity contribution in [2.75, 3.05) is 18.8 Å². The molecule has 3 atom stereocenters. The number of rotatable bonds is 4. The second-order valence-electron chi connectivity index (χ2n) is 5.76. The molecule has 1 aromatic rings. The maximum absolute atomic E-state index is 6.42. The van der Waals surface area contributed by atoms with Crippen molar-refractivity contribution >= 4 is 23.4 Å². The maximum Gasteiger partial charge on any atom is 0.0376 e. The lowest BCUT2D eigenvalue weighted by Gasteiger charge is -2.27. The van der Waals surface area contributed by atoms with Crippen LogP contribution in [-0.4, -0.2) is 24.2 Å². The van der Waals surface area contributed by atoms with Gasteiger partial charge < -0.3 is 5.32 Å². The highest BCUT2D eigenvalue weighted by Gasteiger charge is 2.25. The molecule has 1 N–H and O–H groups in total. The highest BCUT2D eigenvalue weighted by molar-refractivity contribution is 7.99. The van der Waals surface area contributed by atoms with E-state index < -0.39 is 0 Å². The Morgan fingerprint density at radius 3 is 2.89 bits per heavy atom. The summed E-state index contributed by atoms with van der Waals surface area (Å²) in [6.45, 7) is 2.20. The molecule has 0 aromatic heterocycles. The van der Waals surface area contributed by atoms with E-state index in [4.69, 9.17) is 11.6 Å². The van der Waals surface area contributed by atoms with Crippen LogP contribution < -0.4 is 5.32 Å². The van der Waals surface area contributed by atoms with Gasteiger partial charge in [0, 0.05) is 28.5 Å². The van der Waals surface area contributed by atoms with Crippen molar-refractivity contribution in [2.24, 2.45) is 5.92 Å². The highest BCUT2D eigenvalue weighted by Crippen LogP contribution is 2.38. The Hall–Kier alpha value is -0.180. The largest absolute Gasteiger partial charge is 0.316 e. The molecular weight excluding hydrogens is 274 g/mol. The molecule has 19 heavy (non-hydrogen) atoms. The van der Waals surface area contributed by atoms with Crippen LogP contribution in [0.1, 0.15) is 37.2 Å². The Morgan fingerprint density at radius 2 is 2.00 bits per heavy atom. The quantitative estimate of drug-likeness (QED) is 0.833. The number of benzene rings is 1. The molecule has 3 heteroatoms. The summed E-state index contributed by atoms with van der Waals surface area (Å²) in [5, 5.41) is 4.07. The molecule has 104 valence electrons. The topological polar surface area (TPSA) is 12.0 Å². The van der Waals surface area contributed by atoms with Crippen molar-refractivity contribution in [3.63, 3.8) is 0 Å². The molecule has 1 heterocycles. The zero-order valence-electron chi connectivity index (χ0n) is 11.3. The Morgan fingerprint density at radius 1 is 1.16 bits per heavy atom. The summed E-state index contributed by atoms with van der Waals surface area (Å²) in [6, 6.07) is 8.83. The minimum atomic E-state index is 0.395. The van der Waals surface area contributed by atoms with Crippen LogP contribution in [0.4, 0.5) is 0 Å². The van der Waals surface area contributed by atoms with Crippen molar-refractivity contribution in [1.29, 1.82) is 0 Å². The third-order valence-electron chi connectivity index (χ3n) is 4.41. The molecule has 3 unspecified atom stereocenters.